The summed E-state index contributed by atoms with van der Waals surface area (Å²) in [5.41, 5.74) is 7.47. The molecule has 0 amide bonds. The lowest BCUT2D eigenvalue weighted by molar-refractivity contribution is 0.995. The number of hydrogen-bond acceptors (Lipinski definition) is 2. The van der Waals surface area contributed by atoms with Crippen LogP contribution in [0.15, 0.2) is 36.4 Å². The van der Waals surface area contributed by atoms with Gasteiger partial charge in [-0.25, -0.2) is 0 Å². The first kappa shape index (κ1) is 9.65. The molecule has 0 bridgehead atoms. The maximum absolute atomic E-state index is 5.57. The molecule has 0 fully saturated rings. The van der Waals surface area contributed by atoms with E-state index in [-0.39, 0.29) is 0 Å². The summed E-state index contributed by atoms with van der Waals surface area (Å²) in [6, 6.07) is 8.11. The van der Waals surface area contributed by atoms with Gasteiger partial charge in [0, 0.05) is 17.4 Å². The molecule has 0 saturated heterocycles. The van der Waals surface area contributed by atoms with Gasteiger partial charge in [-0.15, -0.1) is 0 Å². The Balaban J connectivity index is 2.59. The molecule has 1 aromatic carbocycles. The van der Waals surface area contributed by atoms with E-state index in [1.807, 2.05) is 37.3 Å². The first-order chi connectivity index (χ1) is 6.22. The number of anilines is 2. The van der Waals surface area contributed by atoms with Gasteiger partial charge in [0.05, 0.1) is 0 Å². The van der Waals surface area contributed by atoms with Gasteiger partial charge in [-0.1, -0.05) is 12.2 Å². The van der Waals surface area contributed by atoms with E-state index in [0.29, 0.717) is 6.04 Å². The molecule has 70 valence electrons. The van der Waals surface area contributed by atoms with E-state index in [9.17, 15) is 0 Å². The number of hydrogen-bond donors (Lipinski definition) is 2. The van der Waals surface area contributed by atoms with E-state index in [1.54, 1.807) is 0 Å². The second kappa shape index (κ2) is 4.55. The SMILES string of the molecule is C/C=C/C(C)Nc1ccc(N)cc1. The van der Waals surface area contributed by atoms with Crippen LogP contribution in [0.25, 0.3) is 0 Å². The third-order valence-corrected chi connectivity index (χ3v) is 1.79. The molecular formula is C11H16N2. The van der Waals surface area contributed by atoms with Crippen LogP contribution in [-0.2, 0) is 0 Å². The zero-order chi connectivity index (χ0) is 9.68. The highest BCUT2D eigenvalue weighted by molar-refractivity contribution is 5.51. The van der Waals surface area contributed by atoms with Gasteiger partial charge in [0.2, 0.25) is 0 Å². The fourth-order valence-corrected chi connectivity index (χ4v) is 1.18. The second-order valence-corrected chi connectivity index (χ2v) is 3.08. The van der Waals surface area contributed by atoms with Gasteiger partial charge < -0.3 is 11.1 Å². The molecule has 0 radical (unpaired) electrons. The van der Waals surface area contributed by atoms with Gasteiger partial charge in [0.25, 0.3) is 0 Å². The molecule has 1 rings (SSSR count). The van der Waals surface area contributed by atoms with Crippen LogP contribution < -0.4 is 11.1 Å². The Morgan fingerprint density at radius 2 is 1.92 bits per heavy atom. The van der Waals surface area contributed by atoms with Crippen molar-refractivity contribution < 1.29 is 0 Å². The lowest BCUT2D eigenvalue weighted by atomic mass is 10.2. The summed E-state index contributed by atoms with van der Waals surface area (Å²) in [5, 5.41) is 3.33. The Bertz CT molecular complexity index is 275. The fourth-order valence-electron chi connectivity index (χ4n) is 1.18. The molecule has 0 aliphatic carbocycles. The van der Waals surface area contributed by atoms with Crippen LogP contribution in [-0.4, -0.2) is 6.04 Å². The zero-order valence-corrected chi connectivity index (χ0v) is 8.12. The summed E-state index contributed by atoms with van der Waals surface area (Å²) < 4.78 is 0. The van der Waals surface area contributed by atoms with Crippen molar-refractivity contribution in [3.8, 4) is 0 Å². The third-order valence-electron chi connectivity index (χ3n) is 1.79. The smallest absolute Gasteiger partial charge is 0.0416 e. The summed E-state index contributed by atoms with van der Waals surface area (Å²) in [5.74, 6) is 0. The van der Waals surface area contributed by atoms with Crippen molar-refractivity contribution in [2.24, 2.45) is 0 Å². The van der Waals surface area contributed by atoms with Crippen molar-refractivity contribution in [1.82, 2.24) is 0 Å². The highest BCUT2D eigenvalue weighted by Gasteiger charge is 1.95. The molecule has 0 aliphatic rings. The van der Waals surface area contributed by atoms with Gasteiger partial charge in [-0.2, -0.15) is 0 Å². The second-order valence-electron chi connectivity index (χ2n) is 3.08. The van der Waals surface area contributed by atoms with Gasteiger partial charge in [0.15, 0.2) is 0 Å². The molecule has 2 heteroatoms. The Hall–Kier alpha value is -1.44. The van der Waals surface area contributed by atoms with Gasteiger partial charge >= 0.3 is 0 Å². The Labute approximate surface area is 79.5 Å². The van der Waals surface area contributed by atoms with E-state index in [1.165, 1.54) is 0 Å². The van der Waals surface area contributed by atoms with Crippen LogP contribution in [0.4, 0.5) is 11.4 Å². The van der Waals surface area contributed by atoms with Crippen LogP contribution in [0.2, 0.25) is 0 Å². The van der Waals surface area contributed by atoms with Crippen LogP contribution in [0.1, 0.15) is 13.8 Å². The molecule has 0 aliphatic heterocycles. The predicted octanol–water partition coefficient (Wildman–Crippen LogP) is 2.65. The Morgan fingerprint density at radius 3 is 2.46 bits per heavy atom. The highest BCUT2D eigenvalue weighted by atomic mass is 14.9. The van der Waals surface area contributed by atoms with E-state index >= 15 is 0 Å². The van der Waals surface area contributed by atoms with Gasteiger partial charge in [0.1, 0.15) is 0 Å². The summed E-state index contributed by atoms with van der Waals surface area (Å²) in [6.07, 6.45) is 4.14. The summed E-state index contributed by atoms with van der Waals surface area (Å²) in [6.45, 7) is 4.12. The van der Waals surface area contributed by atoms with Crippen molar-refractivity contribution in [2.75, 3.05) is 11.1 Å². The third kappa shape index (κ3) is 3.20. The number of allylic oxidation sites excluding steroid dienone is 1. The lowest BCUT2D eigenvalue weighted by Gasteiger charge is -2.10. The maximum Gasteiger partial charge on any atom is 0.0416 e. The summed E-state index contributed by atoms with van der Waals surface area (Å²) in [4.78, 5) is 0. The quantitative estimate of drug-likeness (QED) is 0.549. The number of benzene rings is 1. The zero-order valence-electron chi connectivity index (χ0n) is 8.12. The molecule has 13 heavy (non-hydrogen) atoms. The summed E-state index contributed by atoms with van der Waals surface area (Å²) in [7, 11) is 0. The number of nitrogens with one attached hydrogen (secondary N) is 1. The van der Waals surface area contributed by atoms with Crippen LogP contribution in [0, 0.1) is 0 Å². The van der Waals surface area contributed by atoms with Crippen molar-refractivity contribution in [3.05, 3.63) is 36.4 Å². The fraction of sp³-hybridized carbons (Fsp3) is 0.273. The first-order valence-corrected chi connectivity index (χ1v) is 4.47. The topological polar surface area (TPSA) is 38.0 Å². The number of nitrogen functional groups attached to an aromatic ring is 1. The highest BCUT2D eigenvalue weighted by Crippen LogP contribution is 2.11. The van der Waals surface area contributed by atoms with Crippen molar-refractivity contribution >= 4 is 11.4 Å². The van der Waals surface area contributed by atoms with Crippen molar-refractivity contribution in [3.63, 3.8) is 0 Å². The predicted molar refractivity (Wildman–Crippen MR) is 58.8 cm³/mol. The molecule has 0 spiro atoms. The largest absolute Gasteiger partial charge is 0.399 e. The minimum atomic E-state index is 0.355. The van der Waals surface area contributed by atoms with E-state index in [4.69, 9.17) is 5.73 Å². The average molecular weight is 176 g/mol. The first-order valence-electron chi connectivity index (χ1n) is 4.47. The van der Waals surface area contributed by atoms with Gasteiger partial charge in [-0.05, 0) is 38.1 Å². The normalized spacial score (nSPS) is 13.1. The van der Waals surface area contributed by atoms with Crippen LogP contribution in [0.5, 0.6) is 0 Å². The minimum Gasteiger partial charge on any atom is -0.399 e. The average Bonchev–Trinajstić information content (AvgIpc) is 2.09. The van der Waals surface area contributed by atoms with Gasteiger partial charge in [-0.3, -0.25) is 0 Å². The minimum absolute atomic E-state index is 0.355. The molecule has 1 atom stereocenters. The Kier molecular flexibility index (Phi) is 3.38. The number of rotatable bonds is 3. The maximum atomic E-state index is 5.57. The monoisotopic (exact) mass is 176 g/mol. The van der Waals surface area contributed by atoms with E-state index < -0.39 is 0 Å². The van der Waals surface area contributed by atoms with Crippen LogP contribution >= 0.6 is 0 Å². The molecule has 0 heterocycles. The molecule has 2 nitrogen and oxygen atoms in total. The Morgan fingerprint density at radius 1 is 1.31 bits per heavy atom. The van der Waals surface area contributed by atoms with Crippen LogP contribution in [0.3, 0.4) is 0 Å². The van der Waals surface area contributed by atoms with E-state index in [2.05, 4.69) is 18.3 Å². The lowest BCUT2D eigenvalue weighted by Crippen LogP contribution is -2.11. The molecular weight excluding hydrogens is 160 g/mol. The number of nitrogens with two attached hydrogens (primary N) is 1. The molecule has 1 unspecified atom stereocenters. The summed E-state index contributed by atoms with van der Waals surface area (Å²) >= 11 is 0. The molecule has 0 saturated carbocycles. The molecule has 3 N–H and O–H groups in total. The molecule has 1 aromatic rings. The van der Waals surface area contributed by atoms with Crippen molar-refractivity contribution in [2.45, 2.75) is 19.9 Å². The molecule has 0 aromatic heterocycles. The van der Waals surface area contributed by atoms with Crippen molar-refractivity contribution in [1.29, 1.82) is 0 Å². The standard InChI is InChI=1S/C11H16N2/c1-3-4-9(2)13-11-7-5-10(12)6-8-11/h3-9,13H,12H2,1-2H3/b4-3+. The van der Waals surface area contributed by atoms with E-state index in [0.717, 1.165) is 11.4 Å².